The molecular formula is C23H21FN4O3S2. The smallest absolute Gasteiger partial charge is 0.242 e. The molecule has 0 aliphatic heterocycles. The molecule has 4 rings (SSSR count). The van der Waals surface area contributed by atoms with Crippen LogP contribution in [0.3, 0.4) is 0 Å². The largest absolute Gasteiger partial charge is 0.311 e. The predicted molar refractivity (Wildman–Crippen MR) is 127 cm³/mol. The average Bonchev–Trinajstić information content (AvgIpc) is 3.24. The fourth-order valence-corrected chi connectivity index (χ4v) is 5.33. The van der Waals surface area contributed by atoms with Crippen molar-refractivity contribution in [3.63, 3.8) is 0 Å². The number of fused-ring (bicyclic) bond motifs is 1. The van der Waals surface area contributed by atoms with Gasteiger partial charge in [-0.15, -0.1) is 11.3 Å². The summed E-state index contributed by atoms with van der Waals surface area (Å²) in [6.45, 7) is 0.150. The summed E-state index contributed by atoms with van der Waals surface area (Å²) >= 11 is 1.57. The molecule has 0 unspecified atom stereocenters. The first-order valence-corrected chi connectivity index (χ1v) is 12.4. The van der Waals surface area contributed by atoms with E-state index in [4.69, 9.17) is 0 Å². The van der Waals surface area contributed by atoms with E-state index in [-0.39, 0.29) is 23.8 Å². The molecule has 2 aromatic carbocycles. The number of pyridine rings is 1. The number of thiazole rings is 1. The predicted octanol–water partition coefficient (Wildman–Crippen LogP) is 4.54. The fourth-order valence-electron chi connectivity index (χ4n) is 3.16. The molecule has 0 fully saturated rings. The monoisotopic (exact) mass is 484 g/mol. The van der Waals surface area contributed by atoms with E-state index in [9.17, 15) is 17.6 Å². The number of rotatable bonds is 8. The minimum Gasteiger partial charge on any atom is -0.311 e. The van der Waals surface area contributed by atoms with E-state index < -0.39 is 15.8 Å². The van der Waals surface area contributed by atoms with E-state index in [0.29, 0.717) is 12.2 Å². The number of amides is 1. The summed E-state index contributed by atoms with van der Waals surface area (Å²) < 4.78 is 40.3. The van der Waals surface area contributed by atoms with Crippen molar-refractivity contribution in [3.05, 3.63) is 72.7 Å². The minimum absolute atomic E-state index is 0.00766. The lowest BCUT2D eigenvalue weighted by atomic mass is 10.2. The van der Waals surface area contributed by atoms with E-state index in [1.165, 1.54) is 19.2 Å². The van der Waals surface area contributed by atoms with Crippen LogP contribution in [0, 0.1) is 5.82 Å². The Hall–Kier alpha value is -3.21. The number of sulfonamides is 1. The second-order valence-corrected chi connectivity index (χ2v) is 10.4. The molecule has 4 aromatic rings. The molecule has 10 heteroatoms. The highest BCUT2D eigenvalue weighted by Crippen LogP contribution is 2.29. The number of carbonyl (C=O) groups is 1. The van der Waals surface area contributed by atoms with E-state index >= 15 is 0 Å². The highest BCUT2D eigenvalue weighted by molar-refractivity contribution is 7.89. The lowest BCUT2D eigenvalue weighted by Gasteiger charge is -2.17. The summed E-state index contributed by atoms with van der Waals surface area (Å²) in [4.78, 5) is 21.1. The zero-order valence-corrected chi connectivity index (χ0v) is 19.4. The maximum atomic E-state index is 13.0. The maximum Gasteiger partial charge on any atom is 0.242 e. The summed E-state index contributed by atoms with van der Waals surface area (Å²) in [5.41, 5.74) is 1.79. The van der Waals surface area contributed by atoms with Crippen LogP contribution in [0.4, 0.5) is 10.2 Å². The van der Waals surface area contributed by atoms with Crippen molar-refractivity contribution in [2.24, 2.45) is 0 Å². The number of aromatic nitrogens is 2. The minimum atomic E-state index is -3.74. The number of carbonyl (C=O) groups excluding carboxylic acids is 1. The second-order valence-electron chi connectivity index (χ2n) is 7.35. The van der Waals surface area contributed by atoms with Crippen LogP contribution in [-0.2, 0) is 14.8 Å². The zero-order valence-electron chi connectivity index (χ0n) is 17.7. The van der Waals surface area contributed by atoms with Gasteiger partial charge in [0.1, 0.15) is 16.6 Å². The molecule has 0 aliphatic carbocycles. The normalized spacial score (nSPS) is 11.7. The van der Waals surface area contributed by atoms with Gasteiger partial charge < -0.3 is 5.32 Å². The number of para-hydroxylation sites is 1. The Balaban J connectivity index is 1.29. The summed E-state index contributed by atoms with van der Waals surface area (Å²) in [6, 6.07) is 16.1. The molecule has 1 amide bonds. The zero-order chi connectivity index (χ0) is 23.4. The second kappa shape index (κ2) is 9.74. The van der Waals surface area contributed by atoms with Gasteiger partial charge in [-0.25, -0.2) is 27.1 Å². The molecule has 7 nitrogen and oxygen atoms in total. The van der Waals surface area contributed by atoms with Crippen molar-refractivity contribution in [1.29, 1.82) is 0 Å². The molecule has 33 heavy (non-hydrogen) atoms. The van der Waals surface area contributed by atoms with Gasteiger partial charge >= 0.3 is 0 Å². The third-order valence-electron chi connectivity index (χ3n) is 4.97. The average molecular weight is 485 g/mol. The number of nitrogens with zero attached hydrogens (tertiary/aromatic N) is 3. The van der Waals surface area contributed by atoms with Crippen LogP contribution in [0.1, 0.15) is 12.8 Å². The first-order chi connectivity index (χ1) is 15.8. The van der Waals surface area contributed by atoms with Gasteiger partial charge in [0.15, 0.2) is 0 Å². The molecule has 0 bridgehead atoms. The first-order valence-electron chi connectivity index (χ1n) is 10.2. The molecule has 0 atom stereocenters. The Morgan fingerprint density at radius 2 is 1.85 bits per heavy atom. The molecule has 1 N–H and O–H groups in total. The van der Waals surface area contributed by atoms with Crippen LogP contribution in [0.2, 0.25) is 0 Å². The molecule has 0 spiro atoms. The van der Waals surface area contributed by atoms with Crippen LogP contribution in [0.15, 0.2) is 71.8 Å². The topological polar surface area (TPSA) is 92.3 Å². The van der Waals surface area contributed by atoms with Crippen LogP contribution in [-0.4, -0.2) is 42.2 Å². The Labute approximate surface area is 195 Å². The van der Waals surface area contributed by atoms with Crippen LogP contribution in [0.5, 0.6) is 0 Å². The number of nitrogens with one attached hydrogen (secondary N) is 1. The van der Waals surface area contributed by atoms with E-state index in [1.807, 2.05) is 30.3 Å². The van der Waals surface area contributed by atoms with Gasteiger partial charge in [-0.3, -0.25) is 4.79 Å². The van der Waals surface area contributed by atoms with Crippen LogP contribution >= 0.6 is 11.3 Å². The van der Waals surface area contributed by atoms with E-state index in [0.717, 1.165) is 37.2 Å². The van der Waals surface area contributed by atoms with Crippen molar-refractivity contribution < 1.29 is 17.6 Å². The van der Waals surface area contributed by atoms with Gasteiger partial charge in [-0.1, -0.05) is 12.1 Å². The molecule has 0 radical (unpaired) electrons. The van der Waals surface area contributed by atoms with Crippen molar-refractivity contribution in [2.45, 2.75) is 17.7 Å². The molecular weight excluding hydrogens is 463 g/mol. The Kier molecular flexibility index (Phi) is 6.77. The quantitative estimate of drug-likeness (QED) is 0.397. The molecule has 2 heterocycles. The fraction of sp³-hybridized carbons (Fsp3) is 0.174. The van der Waals surface area contributed by atoms with Crippen LogP contribution < -0.4 is 5.32 Å². The van der Waals surface area contributed by atoms with Crippen molar-refractivity contribution in [3.8, 4) is 10.6 Å². The summed E-state index contributed by atoms with van der Waals surface area (Å²) in [7, 11) is -2.31. The SMILES string of the molecule is CN(CCCC(=O)Nc1ccc(-c2nc3ccccc3s2)cn1)S(=O)(=O)c1ccc(F)cc1. The number of hydrogen-bond donors (Lipinski definition) is 1. The first kappa shape index (κ1) is 23.0. The maximum absolute atomic E-state index is 13.0. The van der Waals surface area contributed by atoms with Gasteiger partial charge in [-0.05, 0) is 55.0 Å². The number of hydrogen-bond acceptors (Lipinski definition) is 6. The summed E-state index contributed by atoms with van der Waals surface area (Å²) in [5.74, 6) is -0.352. The van der Waals surface area contributed by atoms with Crippen molar-refractivity contribution in [2.75, 3.05) is 18.9 Å². The molecule has 0 saturated carbocycles. The third kappa shape index (κ3) is 5.41. The Bertz CT molecular complexity index is 1340. The lowest BCUT2D eigenvalue weighted by molar-refractivity contribution is -0.116. The standard InChI is InChI=1S/C23H21FN4O3S2/c1-28(33(30,31)18-11-9-17(24)10-12-18)14-4-7-22(29)27-21-13-8-16(15-25-21)23-26-19-5-2-3-6-20(19)32-23/h2-3,5-6,8-13,15H,4,7,14H2,1H3,(H,25,27,29). The van der Waals surface area contributed by atoms with E-state index in [1.54, 1.807) is 23.6 Å². The molecule has 170 valence electrons. The number of anilines is 1. The van der Waals surface area contributed by atoms with Gasteiger partial charge in [0.25, 0.3) is 0 Å². The van der Waals surface area contributed by atoms with Crippen molar-refractivity contribution in [1.82, 2.24) is 14.3 Å². The summed E-state index contributed by atoms with van der Waals surface area (Å²) in [6.07, 6.45) is 2.12. The van der Waals surface area contributed by atoms with E-state index in [2.05, 4.69) is 15.3 Å². The van der Waals surface area contributed by atoms with Crippen molar-refractivity contribution >= 4 is 43.3 Å². The summed E-state index contributed by atoms with van der Waals surface area (Å²) in [5, 5.41) is 3.57. The van der Waals surface area contributed by atoms with Crippen LogP contribution in [0.25, 0.3) is 20.8 Å². The van der Waals surface area contributed by atoms with Gasteiger partial charge in [0.2, 0.25) is 15.9 Å². The van der Waals surface area contributed by atoms with Gasteiger partial charge in [-0.2, -0.15) is 0 Å². The third-order valence-corrected chi connectivity index (χ3v) is 7.93. The molecule has 2 aromatic heterocycles. The van der Waals surface area contributed by atoms with Gasteiger partial charge in [0, 0.05) is 31.8 Å². The highest BCUT2D eigenvalue weighted by Gasteiger charge is 2.20. The number of benzene rings is 2. The highest BCUT2D eigenvalue weighted by atomic mass is 32.2. The Morgan fingerprint density at radius 1 is 1.09 bits per heavy atom. The van der Waals surface area contributed by atoms with Gasteiger partial charge in [0.05, 0.1) is 15.1 Å². The molecule has 0 aliphatic rings. The molecule has 0 saturated heterocycles. The number of halogens is 1. The Morgan fingerprint density at radius 3 is 2.55 bits per heavy atom. The lowest BCUT2D eigenvalue weighted by Crippen LogP contribution is -2.28.